The summed E-state index contributed by atoms with van der Waals surface area (Å²) in [6, 6.07) is 20.8. The monoisotopic (exact) mass is 315 g/mol. The third kappa shape index (κ3) is 2.63. The Morgan fingerprint density at radius 1 is 0.792 bits per heavy atom. The molecule has 2 bridgehead atoms. The van der Waals surface area contributed by atoms with Crippen molar-refractivity contribution in [1.82, 2.24) is 4.90 Å². The lowest BCUT2D eigenvalue weighted by Gasteiger charge is -2.34. The van der Waals surface area contributed by atoms with Crippen LogP contribution >= 0.6 is 0 Å². The SMILES string of the molecule is CN1C2CCC1C(=Cc1ccccc1)C(=O)C2=Cc1ccccc1. The van der Waals surface area contributed by atoms with Crippen molar-refractivity contribution in [2.24, 2.45) is 0 Å². The van der Waals surface area contributed by atoms with Gasteiger partial charge in [0.05, 0.1) is 0 Å². The standard InChI is InChI=1S/C22H21NO/c1-23-20-12-13-21(23)19(15-17-10-6-3-7-11-17)22(24)18(20)14-16-8-4-2-5-9-16/h2-11,14-15,20-21H,12-13H2,1H3. The Hall–Kier alpha value is -2.45. The molecule has 2 saturated heterocycles. The van der Waals surface area contributed by atoms with Crippen LogP contribution in [0.4, 0.5) is 0 Å². The summed E-state index contributed by atoms with van der Waals surface area (Å²) >= 11 is 0. The lowest BCUT2D eigenvalue weighted by atomic mass is 9.88. The summed E-state index contributed by atoms with van der Waals surface area (Å²) in [5, 5.41) is 0. The first-order valence-corrected chi connectivity index (χ1v) is 8.54. The topological polar surface area (TPSA) is 20.3 Å². The second-order valence-corrected chi connectivity index (χ2v) is 6.62. The largest absolute Gasteiger partial charge is 0.292 e. The summed E-state index contributed by atoms with van der Waals surface area (Å²) in [6.07, 6.45) is 6.25. The molecule has 2 aliphatic rings. The molecule has 2 atom stereocenters. The molecule has 0 N–H and O–H groups in total. The fraction of sp³-hybridized carbons (Fsp3) is 0.227. The number of nitrogens with zero attached hydrogens (tertiary/aromatic N) is 1. The Morgan fingerprint density at radius 3 is 1.62 bits per heavy atom. The minimum Gasteiger partial charge on any atom is -0.292 e. The number of fused-ring (bicyclic) bond motifs is 2. The highest BCUT2D eigenvalue weighted by Gasteiger charge is 2.44. The number of benzene rings is 2. The predicted octanol–water partition coefficient (Wildman–Crippen LogP) is 4.20. The van der Waals surface area contributed by atoms with E-state index in [2.05, 4.69) is 48.4 Å². The van der Waals surface area contributed by atoms with Gasteiger partial charge in [-0.05, 0) is 43.2 Å². The number of hydrogen-bond acceptors (Lipinski definition) is 2. The minimum absolute atomic E-state index is 0.216. The van der Waals surface area contributed by atoms with E-state index in [-0.39, 0.29) is 17.9 Å². The average Bonchev–Trinajstić information content (AvgIpc) is 2.93. The van der Waals surface area contributed by atoms with E-state index in [9.17, 15) is 4.79 Å². The van der Waals surface area contributed by atoms with Gasteiger partial charge in [0, 0.05) is 23.2 Å². The van der Waals surface area contributed by atoms with E-state index in [1.54, 1.807) is 0 Å². The minimum atomic E-state index is 0.216. The molecular formula is C22H21NO. The molecule has 2 fully saturated rings. The number of carbonyl (C=O) groups is 1. The highest BCUT2D eigenvalue weighted by Crippen LogP contribution is 2.40. The van der Waals surface area contributed by atoms with Crippen LogP contribution in [0, 0.1) is 0 Å². The van der Waals surface area contributed by atoms with Gasteiger partial charge in [0.1, 0.15) is 0 Å². The molecule has 24 heavy (non-hydrogen) atoms. The fourth-order valence-electron chi connectivity index (χ4n) is 3.94. The van der Waals surface area contributed by atoms with Crippen LogP contribution < -0.4 is 0 Å². The Morgan fingerprint density at radius 2 is 1.21 bits per heavy atom. The van der Waals surface area contributed by atoms with E-state index >= 15 is 0 Å². The van der Waals surface area contributed by atoms with Gasteiger partial charge in [-0.25, -0.2) is 0 Å². The van der Waals surface area contributed by atoms with E-state index < -0.39 is 0 Å². The summed E-state index contributed by atoms with van der Waals surface area (Å²) in [7, 11) is 2.15. The van der Waals surface area contributed by atoms with Crippen LogP contribution in [0.15, 0.2) is 71.8 Å². The van der Waals surface area contributed by atoms with Crippen molar-refractivity contribution in [3.63, 3.8) is 0 Å². The average molecular weight is 315 g/mol. The highest BCUT2D eigenvalue weighted by atomic mass is 16.1. The van der Waals surface area contributed by atoms with Gasteiger partial charge in [0.15, 0.2) is 5.78 Å². The Bertz CT molecular complexity index is 737. The number of Topliss-reactive ketones (excluding diaryl/α,β-unsaturated/α-hetero) is 1. The molecule has 2 aliphatic heterocycles. The van der Waals surface area contributed by atoms with Crippen LogP contribution in [0.2, 0.25) is 0 Å². The van der Waals surface area contributed by atoms with Crippen LogP contribution in [0.25, 0.3) is 12.2 Å². The molecule has 2 aromatic rings. The van der Waals surface area contributed by atoms with Gasteiger partial charge in [-0.15, -0.1) is 0 Å². The maximum absolute atomic E-state index is 13.2. The van der Waals surface area contributed by atoms with Crippen molar-refractivity contribution < 1.29 is 4.79 Å². The lowest BCUT2D eigenvalue weighted by Crippen LogP contribution is -2.43. The molecular weight excluding hydrogens is 294 g/mol. The zero-order chi connectivity index (χ0) is 16.5. The third-order valence-corrected chi connectivity index (χ3v) is 5.18. The van der Waals surface area contributed by atoms with Gasteiger partial charge < -0.3 is 0 Å². The fourth-order valence-corrected chi connectivity index (χ4v) is 3.94. The normalized spacial score (nSPS) is 27.1. The summed E-state index contributed by atoms with van der Waals surface area (Å²) in [4.78, 5) is 15.5. The molecule has 0 radical (unpaired) electrons. The molecule has 0 saturated carbocycles. The maximum Gasteiger partial charge on any atom is 0.188 e. The summed E-state index contributed by atoms with van der Waals surface area (Å²) in [6.45, 7) is 0. The van der Waals surface area contributed by atoms with Gasteiger partial charge in [0.25, 0.3) is 0 Å². The smallest absolute Gasteiger partial charge is 0.188 e. The number of hydrogen-bond donors (Lipinski definition) is 0. The number of rotatable bonds is 2. The lowest BCUT2D eigenvalue weighted by molar-refractivity contribution is -0.114. The molecule has 4 rings (SSSR count). The summed E-state index contributed by atoms with van der Waals surface area (Å²) < 4.78 is 0. The number of ketones is 1. The summed E-state index contributed by atoms with van der Waals surface area (Å²) in [5.74, 6) is 0.216. The highest BCUT2D eigenvalue weighted by molar-refractivity contribution is 6.16. The predicted molar refractivity (Wildman–Crippen MR) is 98.4 cm³/mol. The Balaban J connectivity index is 1.78. The maximum atomic E-state index is 13.2. The molecule has 2 heteroatoms. The Kier molecular flexibility index (Phi) is 3.91. The molecule has 2 heterocycles. The number of piperidine rings is 1. The zero-order valence-corrected chi connectivity index (χ0v) is 13.9. The number of carbonyl (C=O) groups excluding carboxylic acids is 1. The van der Waals surface area contributed by atoms with Gasteiger partial charge in [0.2, 0.25) is 0 Å². The van der Waals surface area contributed by atoms with Crippen LogP contribution in [-0.4, -0.2) is 29.8 Å². The van der Waals surface area contributed by atoms with E-state index in [0.29, 0.717) is 0 Å². The van der Waals surface area contributed by atoms with Gasteiger partial charge in [-0.2, -0.15) is 0 Å². The van der Waals surface area contributed by atoms with Crippen molar-refractivity contribution in [2.45, 2.75) is 24.9 Å². The van der Waals surface area contributed by atoms with Crippen molar-refractivity contribution in [3.8, 4) is 0 Å². The van der Waals surface area contributed by atoms with E-state index in [1.807, 2.05) is 36.4 Å². The third-order valence-electron chi connectivity index (χ3n) is 5.18. The van der Waals surface area contributed by atoms with E-state index in [4.69, 9.17) is 0 Å². The van der Waals surface area contributed by atoms with E-state index in [0.717, 1.165) is 35.1 Å². The quantitative estimate of drug-likeness (QED) is 0.774. The van der Waals surface area contributed by atoms with Crippen LogP contribution in [-0.2, 0) is 4.79 Å². The van der Waals surface area contributed by atoms with Crippen LogP contribution in [0.3, 0.4) is 0 Å². The zero-order valence-electron chi connectivity index (χ0n) is 13.9. The Labute approximate surface area is 143 Å². The van der Waals surface area contributed by atoms with Crippen molar-refractivity contribution >= 4 is 17.9 Å². The molecule has 2 unspecified atom stereocenters. The van der Waals surface area contributed by atoms with Crippen molar-refractivity contribution in [3.05, 3.63) is 82.9 Å². The van der Waals surface area contributed by atoms with Crippen LogP contribution in [0.5, 0.6) is 0 Å². The molecule has 0 spiro atoms. The van der Waals surface area contributed by atoms with Crippen LogP contribution in [0.1, 0.15) is 24.0 Å². The second-order valence-electron chi connectivity index (χ2n) is 6.62. The molecule has 0 aromatic heterocycles. The van der Waals surface area contributed by atoms with Gasteiger partial charge >= 0.3 is 0 Å². The first-order valence-electron chi connectivity index (χ1n) is 8.54. The molecule has 0 aliphatic carbocycles. The first-order chi connectivity index (χ1) is 11.7. The molecule has 2 nitrogen and oxygen atoms in total. The molecule has 120 valence electrons. The van der Waals surface area contributed by atoms with Gasteiger partial charge in [-0.1, -0.05) is 60.7 Å². The van der Waals surface area contributed by atoms with Crippen molar-refractivity contribution in [1.29, 1.82) is 0 Å². The van der Waals surface area contributed by atoms with Crippen molar-refractivity contribution in [2.75, 3.05) is 7.05 Å². The number of likely N-dealkylation sites (N-methyl/N-ethyl adjacent to an activating group) is 1. The molecule has 2 aromatic carbocycles. The first kappa shape index (κ1) is 15.1. The van der Waals surface area contributed by atoms with Gasteiger partial charge in [-0.3, -0.25) is 9.69 Å². The van der Waals surface area contributed by atoms with E-state index in [1.165, 1.54) is 0 Å². The molecule has 0 amide bonds. The second kappa shape index (κ2) is 6.21. The summed E-state index contributed by atoms with van der Waals surface area (Å²) in [5.41, 5.74) is 4.05.